The molecule has 86 valence electrons. The Hall–Kier alpha value is -1.10. The van der Waals surface area contributed by atoms with Gasteiger partial charge in [0.2, 0.25) is 5.91 Å². The van der Waals surface area contributed by atoms with E-state index in [-0.39, 0.29) is 12.3 Å². The molecule has 0 saturated carbocycles. The van der Waals surface area contributed by atoms with Gasteiger partial charge >= 0.3 is 5.97 Å². The Kier molecular flexibility index (Phi) is 5.10. The van der Waals surface area contributed by atoms with E-state index in [1.165, 1.54) is 7.11 Å². The van der Waals surface area contributed by atoms with Crippen LogP contribution in [0, 0.1) is 5.92 Å². The summed E-state index contributed by atoms with van der Waals surface area (Å²) >= 11 is 0. The van der Waals surface area contributed by atoms with Gasteiger partial charge in [-0.1, -0.05) is 0 Å². The molecular formula is C10H17NO4. The number of nitrogens with one attached hydrogen (secondary N) is 1. The fourth-order valence-corrected chi connectivity index (χ4v) is 1.47. The van der Waals surface area contributed by atoms with E-state index in [4.69, 9.17) is 4.74 Å². The second-order valence-corrected chi connectivity index (χ2v) is 3.61. The Balaban J connectivity index is 2.12. The molecular weight excluding hydrogens is 198 g/mol. The molecule has 0 aromatic heterocycles. The van der Waals surface area contributed by atoms with Crippen molar-refractivity contribution in [3.63, 3.8) is 0 Å². The molecule has 5 heteroatoms. The quantitative estimate of drug-likeness (QED) is 0.533. The van der Waals surface area contributed by atoms with Crippen LogP contribution in [0.25, 0.3) is 0 Å². The van der Waals surface area contributed by atoms with Crippen molar-refractivity contribution in [2.45, 2.75) is 19.3 Å². The zero-order chi connectivity index (χ0) is 11.1. The summed E-state index contributed by atoms with van der Waals surface area (Å²) in [4.78, 5) is 22.0. The van der Waals surface area contributed by atoms with E-state index >= 15 is 0 Å². The number of hydrogen-bond acceptors (Lipinski definition) is 4. The highest BCUT2D eigenvalue weighted by Crippen LogP contribution is 2.13. The summed E-state index contributed by atoms with van der Waals surface area (Å²) < 4.78 is 9.59. The van der Waals surface area contributed by atoms with Crippen molar-refractivity contribution in [1.82, 2.24) is 5.32 Å². The molecule has 0 unspecified atom stereocenters. The summed E-state index contributed by atoms with van der Waals surface area (Å²) in [6, 6.07) is 0. The SMILES string of the molecule is COC(=O)CC(=O)NCC1CCOCC1. The molecule has 0 atom stereocenters. The summed E-state index contributed by atoms with van der Waals surface area (Å²) in [5.74, 6) is -0.298. The van der Waals surface area contributed by atoms with Crippen LogP contribution in [0.4, 0.5) is 0 Å². The molecule has 1 N–H and O–H groups in total. The van der Waals surface area contributed by atoms with Crippen molar-refractivity contribution < 1.29 is 19.1 Å². The molecule has 15 heavy (non-hydrogen) atoms. The molecule has 0 radical (unpaired) electrons. The maximum absolute atomic E-state index is 11.2. The Morgan fingerprint density at radius 3 is 2.67 bits per heavy atom. The van der Waals surface area contributed by atoms with Gasteiger partial charge < -0.3 is 14.8 Å². The predicted molar refractivity (Wildman–Crippen MR) is 53.2 cm³/mol. The average Bonchev–Trinajstić information content (AvgIpc) is 2.27. The van der Waals surface area contributed by atoms with Crippen LogP contribution in [0.2, 0.25) is 0 Å². The van der Waals surface area contributed by atoms with Crippen LogP contribution in [0.5, 0.6) is 0 Å². The number of amides is 1. The predicted octanol–water partition coefficient (Wildman–Crippen LogP) is 0.0923. The maximum atomic E-state index is 11.2. The highest BCUT2D eigenvalue weighted by Gasteiger charge is 2.15. The van der Waals surface area contributed by atoms with Gasteiger partial charge in [0.1, 0.15) is 6.42 Å². The summed E-state index contributed by atoms with van der Waals surface area (Å²) in [5.41, 5.74) is 0. The molecule has 0 aromatic carbocycles. The van der Waals surface area contributed by atoms with Gasteiger partial charge in [0.25, 0.3) is 0 Å². The Bertz CT molecular complexity index is 223. The van der Waals surface area contributed by atoms with Crippen molar-refractivity contribution in [1.29, 1.82) is 0 Å². The summed E-state index contributed by atoms with van der Waals surface area (Å²) in [6.45, 7) is 2.15. The topological polar surface area (TPSA) is 64.6 Å². The van der Waals surface area contributed by atoms with Crippen molar-refractivity contribution in [3.05, 3.63) is 0 Å². The monoisotopic (exact) mass is 215 g/mol. The number of carbonyl (C=O) groups excluding carboxylic acids is 2. The van der Waals surface area contributed by atoms with Crippen molar-refractivity contribution in [2.75, 3.05) is 26.9 Å². The van der Waals surface area contributed by atoms with Crippen LogP contribution in [0.3, 0.4) is 0 Å². The lowest BCUT2D eigenvalue weighted by molar-refractivity contribution is -0.143. The first-order valence-electron chi connectivity index (χ1n) is 5.13. The van der Waals surface area contributed by atoms with E-state index in [0.717, 1.165) is 26.1 Å². The molecule has 0 spiro atoms. The smallest absolute Gasteiger partial charge is 0.315 e. The average molecular weight is 215 g/mol. The number of rotatable bonds is 4. The Morgan fingerprint density at radius 1 is 1.40 bits per heavy atom. The highest BCUT2D eigenvalue weighted by atomic mass is 16.5. The zero-order valence-corrected chi connectivity index (χ0v) is 8.95. The Morgan fingerprint density at radius 2 is 2.07 bits per heavy atom. The van der Waals surface area contributed by atoms with Crippen LogP contribution in [0.15, 0.2) is 0 Å². The fraction of sp³-hybridized carbons (Fsp3) is 0.800. The lowest BCUT2D eigenvalue weighted by Crippen LogP contribution is -2.33. The second kappa shape index (κ2) is 6.40. The number of methoxy groups -OCH3 is 1. The molecule has 1 fully saturated rings. The van der Waals surface area contributed by atoms with E-state index in [0.29, 0.717) is 12.5 Å². The third kappa shape index (κ3) is 4.78. The summed E-state index contributed by atoms with van der Waals surface area (Å²) in [5, 5.41) is 2.72. The molecule has 0 aromatic rings. The molecule has 1 aliphatic rings. The molecule has 1 saturated heterocycles. The van der Waals surface area contributed by atoms with Crippen molar-refractivity contribution in [3.8, 4) is 0 Å². The van der Waals surface area contributed by atoms with Crippen LogP contribution in [-0.4, -0.2) is 38.7 Å². The first kappa shape index (κ1) is 12.0. The van der Waals surface area contributed by atoms with Gasteiger partial charge in [-0.05, 0) is 18.8 Å². The van der Waals surface area contributed by atoms with E-state index < -0.39 is 5.97 Å². The van der Waals surface area contributed by atoms with E-state index in [2.05, 4.69) is 10.1 Å². The third-order valence-corrected chi connectivity index (χ3v) is 2.46. The molecule has 1 amide bonds. The minimum atomic E-state index is -0.500. The van der Waals surface area contributed by atoms with Crippen LogP contribution in [0.1, 0.15) is 19.3 Å². The van der Waals surface area contributed by atoms with Crippen molar-refractivity contribution >= 4 is 11.9 Å². The number of hydrogen-bond donors (Lipinski definition) is 1. The van der Waals surface area contributed by atoms with Gasteiger partial charge in [-0.15, -0.1) is 0 Å². The number of carbonyl (C=O) groups is 2. The fourth-order valence-electron chi connectivity index (χ4n) is 1.47. The molecule has 1 aliphatic heterocycles. The molecule has 1 heterocycles. The van der Waals surface area contributed by atoms with Crippen LogP contribution >= 0.6 is 0 Å². The van der Waals surface area contributed by atoms with Gasteiger partial charge in [-0.2, -0.15) is 0 Å². The highest BCUT2D eigenvalue weighted by molar-refractivity contribution is 5.94. The first-order chi connectivity index (χ1) is 7.22. The van der Waals surface area contributed by atoms with Gasteiger partial charge in [-0.25, -0.2) is 0 Å². The van der Waals surface area contributed by atoms with Crippen molar-refractivity contribution in [2.24, 2.45) is 5.92 Å². The van der Waals surface area contributed by atoms with Gasteiger partial charge in [-0.3, -0.25) is 9.59 Å². The minimum absolute atomic E-state index is 0.195. The summed E-state index contributed by atoms with van der Waals surface area (Å²) in [6.07, 6.45) is 1.75. The third-order valence-electron chi connectivity index (χ3n) is 2.46. The van der Waals surface area contributed by atoms with E-state index in [1.807, 2.05) is 0 Å². The van der Waals surface area contributed by atoms with Crippen LogP contribution < -0.4 is 5.32 Å². The second-order valence-electron chi connectivity index (χ2n) is 3.61. The summed E-state index contributed by atoms with van der Waals surface area (Å²) in [7, 11) is 1.27. The standard InChI is InChI=1S/C10H17NO4/c1-14-10(13)6-9(12)11-7-8-2-4-15-5-3-8/h8H,2-7H2,1H3,(H,11,12). The largest absolute Gasteiger partial charge is 0.469 e. The maximum Gasteiger partial charge on any atom is 0.315 e. The first-order valence-corrected chi connectivity index (χ1v) is 5.13. The number of ether oxygens (including phenoxy) is 2. The van der Waals surface area contributed by atoms with Gasteiger partial charge in [0.05, 0.1) is 7.11 Å². The van der Waals surface area contributed by atoms with Gasteiger partial charge in [0, 0.05) is 19.8 Å². The van der Waals surface area contributed by atoms with E-state index in [1.54, 1.807) is 0 Å². The van der Waals surface area contributed by atoms with Gasteiger partial charge in [0.15, 0.2) is 0 Å². The minimum Gasteiger partial charge on any atom is -0.469 e. The molecule has 5 nitrogen and oxygen atoms in total. The normalized spacial score (nSPS) is 17.1. The number of esters is 1. The zero-order valence-electron chi connectivity index (χ0n) is 8.95. The van der Waals surface area contributed by atoms with E-state index in [9.17, 15) is 9.59 Å². The molecule has 1 rings (SSSR count). The lowest BCUT2D eigenvalue weighted by atomic mass is 10.0. The lowest BCUT2D eigenvalue weighted by Gasteiger charge is -2.21. The Labute approximate surface area is 89.1 Å². The molecule has 0 aliphatic carbocycles. The van der Waals surface area contributed by atoms with Crippen LogP contribution in [-0.2, 0) is 19.1 Å². The molecule has 0 bridgehead atoms.